The molecule has 1 aliphatic rings. The number of ether oxygens (including phenoxy) is 2. The van der Waals surface area contributed by atoms with E-state index in [1.807, 2.05) is 31.3 Å². The van der Waals surface area contributed by atoms with Crippen molar-refractivity contribution in [2.45, 2.75) is 37.8 Å². The van der Waals surface area contributed by atoms with Gasteiger partial charge in [-0.2, -0.15) is 0 Å². The van der Waals surface area contributed by atoms with Gasteiger partial charge in [0.25, 0.3) is 0 Å². The normalized spacial score (nSPS) is 22.2. The minimum absolute atomic E-state index is 0.198. The largest absolute Gasteiger partial charge is 0.497 e. The van der Waals surface area contributed by atoms with Crippen molar-refractivity contribution in [1.82, 2.24) is 10.3 Å². The van der Waals surface area contributed by atoms with Crippen LogP contribution in [-0.2, 0) is 0 Å². The van der Waals surface area contributed by atoms with Crippen molar-refractivity contribution in [3.63, 3.8) is 0 Å². The van der Waals surface area contributed by atoms with Gasteiger partial charge in [-0.3, -0.25) is 0 Å². The van der Waals surface area contributed by atoms with Crippen molar-refractivity contribution in [2.75, 3.05) is 14.2 Å². The van der Waals surface area contributed by atoms with E-state index in [4.69, 9.17) is 9.47 Å². The molecule has 2 atom stereocenters. The molecule has 0 radical (unpaired) electrons. The number of nitrogens with zero attached hydrogens (tertiary/aromatic N) is 1. The van der Waals surface area contributed by atoms with Crippen LogP contribution < -0.4 is 14.8 Å². The summed E-state index contributed by atoms with van der Waals surface area (Å²) in [5.41, 5.74) is 0. The van der Waals surface area contributed by atoms with Crippen LogP contribution in [0, 0.1) is 0 Å². The Morgan fingerprint density at radius 2 is 2.05 bits per heavy atom. The molecular formula is C17H22N2O2. The Morgan fingerprint density at radius 3 is 2.86 bits per heavy atom. The van der Waals surface area contributed by atoms with E-state index in [1.54, 1.807) is 13.3 Å². The zero-order chi connectivity index (χ0) is 14.7. The monoisotopic (exact) mass is 286 g/mol. The number of aromatic nitrogens is 1. The molecule has 1 heterocycles. The molecule has 2 aromatic rings. The van der Waals surface area contributed by atoms with Gasteiger partial charge in [0.05, 0.1) is 7.11 Å². The number of nitrogens with one attached hydrogen (secondary N) is 1. The summed E-state index contributed by atoms with van der Waals surface area (Å²) in [7, 11) is 3.69. The molecule has 2 unspecified atom stereocenters. The highest BCUT2D eigenvalue weighted by molar-refractivity contribution is 5.87. The van der Waals surface area contributed by atoms with E-state index in [1.165, 1.54) is 19.3 Å². The average molecular weight is 286 g/mol. The van der Waals surface area contributed by atoms with Gasteiger partial charge in [0.2, 0.25) is 5.88 Å². The van der Waals surface area contributed by atoms with Gasteiger partial charge in [-0.1, -0.05) is 6.42 Å². The number of hydrogen-bond acceptors (Lipinski definition) is 4. The second-order valence-corrected chi connectivity index (χ2v) is 5.54. The standard InChI is InChI=1S/C17H22N2O2/c1-18-15-5-3-4-6-16(15)21-17-14-8-7-13(20-2)11-12(14)9-10-19-17/h7-11,15-16,18H,3-6H2,1-2H3. The van der Waals surface area contributed by atoms with Crippen molar-refractivity contribution in [1.29, 1.82) is 0 Å². The van der Waals surface area contributed by atoms with Crippen LogP contribution in [0.1, 0.15) is 25.7 Å². The van der Waals surface area contributed by atoms with Gasteiger partial charge in [-0.05, 0) is 56.0 Å². The van der Waals surface area contributed by atoms with E-state index in [0.717, 1.165) is 28.8 Å². The summed E-state index contributed by atoms with van der Waals surface area (Å²) < 4.78 is 11.5. The van der Waals surface area contributed by atoms with Gasteiger partial charge in [0.15, 0.2) is 0 Å². The van der Waals surface area contributed by atoms with Gasteiger partial charge in [0, 0.05) is 17.6 Å². The maximum Gasteiger partial charge on any atom is 0.221 e. The quantitative estimate of drug-likeness (QED) is 0.937. The summed E-state index contributed by atoms with van der Waals surface area (Å²) in [4.78, 5) is 4.43. The van der Waals surface area contributed by atoms with Crippen LogP contribution in [-0.4, -0.2) is 31.3 Å². The fourth-order valence-electron chi connectivity index (χ4n) is 3.06. The summed E-state index contributed by atoms with van der Waals surface area (Å²) in [5, 5.41) is 5.50. The molecule has 1 aliphatic carbocycles. The summed E-state index contributed by atoms with van der Waals surface area (Å²) in [6, 6.07) is 8.39. The molecule has 112 valence electrons. The first-order valence-corrected chi connectivity index (χ1v) is 7.58. The van der Waals surface area contributed by atoms with Crippen LogP contribution in [0.2, 0.25) is 0 Å². The molecule has 21 heavy (non-hydrogen) atoms. The number of fused-ring (bicyclic) bond motifs is 1. The lowest BCUT2D eigenvalue weighted by atomic mass is 9.92. The third kappa shape index (κ3) is 2.95. The topological polar surface area (TPSA) is 43.4 Å². The highest BCUT2D eigenvalue weighted by Crippen LogP contribution is 2.30. The van der Waals surface area contributed by atoms with E-state index >= 15 is 0 Å². The lowest BCUT2D eigenvalue weighted by molar-refractivity contribution is 0.115. The number of likely N-dealkylation sites (N-methyl/N-ethyl adjacent to an activating group) is 1. The Balaban J connectivity index is 1.89. The maximum atomic E-state index is 6.23. The van der Waals surface area contributed by atoms with E-state index in [9.17, 15) is 0 Å². The van der Waals surface area contributed by atoms with Gasteiger partial charge in [-0.25, -0.2) is 4.98 Å². The number of methoxy groups -OCH3 is 1. The van der Waals surface area contributed by atoms with Gasteiger partial charge in [0.1, 0.15) is 11.9 Å². The van der Waals surface area contributed by atoms with E-state index in [-0.39, 0.29) is 6.10 Å². The predicted octanol–water partition coefficient (Wildman–Crippen LogP) is 3.15. The predicted molar refractivity (Wildman–Crippen MR) is 84.0 cm³/mol. The van der Waals surface area contributed by atoms with Crippen LogP contribution in [0.5, 0.6) is 11.6 Å². The molecule has 0 saturated heterocycles. The lowest BCUT2D eigenvalue weighted by Gasteiger charge is -2.31. The van der Waals surface area contributed by atoms with Crippen molar-refractivity contribution < 1.29 is 9.47 Å². The number of pyridine rings is 1. The number of rotatable bonds is 4. The minimum atomic E-state index is 0.198. The molecule has 0 amide bonds. The molecule has 3 rings (SSSR count). The molecule has 1 fully saturated rings. The molecular weight excluding hydrogens is 264 g/mol. The van der Waals surface area contributed by atoms with E-state index in [0.29, 0.717) is 6.04 Å². The Hall–Kier alpha value is -1.81. The van der Waals surface area contributed by atoms with Crippen molar-refractivity contribution >= 4 is 10.8 Å². The van der Waals surface area contributed by atoms with Crippen molar-refractivity contribution in [3.05, 3.63) is 30.5 Å². The molecule has 4 heteroatoms. The summed E-state index contributed by atoms with van der Waals surface area (Å²) in [6.45, 7) is 0. The van der Waals surface area contributed by atoms with Crippen LogP contribution in [0.4, 0.5) is 0 Å². The minimum Gasteiger partial charge on any atom is -0.497 e. The molecule has 1 aromatic heterocycles. The molecule has 0 spiro atoms. The third-order valence-electron chi connectivity index (χ3n) is 4.27. The fourth-order valence-corrected chi connectivity index (χ4v) is 3.06. The second kappa shape index (κ2) is 6.31. The smallest absolute Gasteiger partial charge is 0.221 e. The van der Waals surface area contributed by atoms with Gasteiger partial charge in [-0.15, -0.1) is 0 Å². The fraction of sp³-hybridized carbons (Fsp3) is 0.471. The maximum absolute atomic E-state index is 6.23. The SMILES string of the molecule is CNC1CCCCC1Oc1nccc2cc(OC)ccc12. The molecule has 1 aromatic carbocycles. The van der Waals surface area contributed by atoms with E-state index < -0.39 is 0 Å². The van der Waals surface area contributed by atoms with Crippen LogP contribution in [0.25, 0.3) is 10.8 Å². The highest BCUT2D eigenvalue weighted by Gasteiger charge is 2.26. The third-order valence-corrected chi connectivity index (χ3v) is 4.27. The first kappa shape index (κ1) is 14.1. The molecule has 1 N–H and O–H groups in total. The lowest BCUT2D eigenvalue weighted by Crippen LogP contribution is -2.43. The number of benzene rings is 1. The summed E-state index contributed by atoms with van der Waals surface area (Å²) in [6.07, 6.45) is 6.74. The molecule has 0 aliphatic heterocycles. The molecule has 4 nitrogen and oxygen atoms in total. The Morgan fingerprint density at radius 1 is 1.19 bits per heavy atom. The van der Waals surface area contributed by atoms with Crippen molar-refractivity contribution in [3.8, 4) is 11.6 Å². The van der Waals surface area contributed by atoms with E-state index in [2.05, 4.69) is 10.3 Å². The Kier molecular flexibility index (Phi) is 4.25. The average Bonchev–Trinajstić information content (AvgIpc) is 2.55. The number of hydrogen-bond donors (Lipinski definition) is 1. The van der Waals surface area contributed by atoms with Gasteiger partial charge >= 0.3 is 0 Å². The van der Waals surface area contributed by atoms with Crippen LogP contribution in [0.15, 0.2) is 30.5 Å². The Bertz CT molecular complexity index is 615. The molecule has 1 saturated carbocycles. The zero-order valence-electron chi connectivity index (χ0n) is 12.6. The van der Waals surface area contributed by atoms with Crippen LogP contribution in [0.3, 0.4) is 0 Å². The first-order chi connectivity index (χ1) is 10.3. The van der Waals surface area contributed by atoms with Gasteiger partial charge < -0.3 is 14.8 Å². The zero-order valence-corrected chi connectivity index (χ0v) is 12.6. The summed E-state index contributed by atoms with van der Waals surface area (Å²) >= 11 is 0. The van der Waals surface area contributed by atoms with Crippen LogP contribution >= 0.6 is 0 Å². The summed E-state index contributed by atoms with van der Waals surface area (Å²) in [5.74, 6) is 1.58. The second-order valence-electron chi connectivity index (χ2n) is 5.54. The molecule has 0 bridgehead atoms. The Labute approximate surface area is 125 Å². The highest BCUT2D eigenvalue weighted by atomic mass is 16.5. The van der Waals surface area contributed by atoms with Crippen molar-refractivity contribution in [2.24, 2.45) is 0 Å². The first-order valence-electron chi connectivity index (χ1n) is 7.58.